The predicted molar refractivity (Wildman–Crippen MR) is 82.4 cm³/mol. The zero-order valence-electron chi connectivity index (χ0n) is 12.3. The van der Waals surface area contributed by atoms with Crippen molar-refractivity contribution >= 4 is 23.3 Å². The molecule has 2 rings (SSSR count). The summed E-state index contributed by atoms with van der Waals surface area (Å²) in [6.45, 7) is 0.540. The quantitative estimate of drug-likeness (QED) is 0.878. The second-order valence-electron chi connectivity index (χ2n) is 5.83. The van der Waals surface area contributed by atoms with Crippen LogP contribution in [0.3, 0.4) is 0 Å². The fourth-order valence-corrected chi connectivity index (χ4v) is 3.57. The number of nitrogens with one attached hydrogen (secondary N) is 1. The first-order valence-electron chi connectivity index (χ1n) is 7.27. The van der Waals surface area contributed by atoms with Crippen molar-refractivity contribution in [2.24, 2.45) is 0 Å². The minimum atomic E-state index is -0.849. The number of carbonyl (C=O) groups is 2. The Morgan fingerprint density at radius 2 is 2.10 bits per heavy atom. The third kappa shape index (κ3) is 4.46. The fraction of sp³-hybridized carbons (Fsp3) is 0.600. The van der Waals surface area contributed by atoms with Crippen molar-refractivity contribution in [2.75, 3.05) is 7.05 Å². The first kappa shape index (κ1) is 15.8. The fourth-order valence-electron chi connectivity index (χ4n) is 2.91. The van der Waals surface area contributed by atoms with Gasteiger partial charge in [-0.05, 0) is 35.2 Å². The highest BCUT2D eigenvalue weighted by Gasteiger charge is 2.36. The minimum absolute atomic E-state index is 0.00499. The molecule has 1 aliphatic carbocycles. The standard InChI is InChI=1S/C15H22N2O3S/c1-17(10-12-5-8-21-11-12)14(20)16-15(9-13(18)19)6-3-2-4-7-15/h5,8,11H,2-4,6-7,9-10H2,1H3,(H,16,20)(H,18,19). The number of carboxylic acids is 1. The lowest BCUT2D eigenvalue weighted by Crippen LogP contribution is -2.54. The summed E-state index contributed by atoms with van der Waals surface area (Å²) in [7, 11) is 1.74. The van der Waals surface area contributed by atoms with Gasteiger partial charge in [0, 0.05) is 13.6 Å². The second-order valence-corrected chi connectivity index (χ2v) is 6.61. The van der Waals surface area contributed by atoms with Gasteiger partial charge >= 0.3 is 12.0 Å². The highest BCUT2D eigenvalue weighted by molar-refractivity contribution is 7.07. The van der Waals surface area contributed by atoms with Gasteiger partial charge in [-0.1, -0.05) is 19.3 Å². The molecule has 0 saturated heterocycles. The van der Waals surface area contributed by atoms with Gasteiger partial charge in [-0.15, -0.1) is 0 Å². The highest BCUT2D eigenvalue weighted by Crippen LogP contribution is 2.31. The van der Waals surface area contributed by atoms with Crippen LogP contribution in [0.25, 0.3) is 0 Å². The summed E-state index contributed by atoms with van der Waals surface area (Å²) in [5.41, 5.74) is 0.512. The van der Waals surface area contributed by atoms with E-state index in [0.717, 1.165) is 37.7 Å². The van der Waals surface area contributed by atoms with Gasteiger partial charge in [0.25, 0.3) is 0 Å². The molecule has 1 aromatic rings. The number of urea groups is 1. The van der Waals surface area contributed by atoms with E-state index in [9.17, 15) is 9.59 Å². The molecule has 0 unspecified atom stereocenters. The van der Waals surface area contributed by atoms with E-state index in [2.05, 4.69) is 5.32 Å². The molecule has 0 aromatic carbocycles. The maximum absolute atomic E-state index is 12.3. The van der Waals surface area contributed by atoms with Crippen LogP contribution < -0.4 is 5.32 Å². The molecule has 1 heterocycles. The third-order valence-corrected chi connectivity index (χ3v) is 4.75. The lowest BCUT2D eigenvalue weighted by Gasteiger charge is -2.38. The average Bonchev–Trinajstić information content (AvgIpc) is 2.91. The van der Waals surface area contributed by atoms with E-state index in [1.54, 1.807) is 23.3 Å². The van der Waals surface area contributed by atoms with Crippen molar-refractivity contribution in [2.45, 2.75) is 50.6 Å². The third-order valence-electron chi connectivity index (χ3n) is 4.02. The van der Waals surface area contributed by atoms with E-state index >= 15 is 0 Å². The Labute approximate surface area is 129 Å². The summed E-state index contributed by atoms with van der Waals surface area (Å²) in [6.07, 6.45) is 4.56. The van der Waals surface area contributed by atoms with Gasteiger partial charge in [-0.3, -0.25) is 4.79 Å². The number of amides is 2. The molecule has 0 radical (unpaired) electrons. The number of carbonyl (C=O) groups excluding carboxylic acids is 1. The molecule has 2 amide bonds. The van der Waals surface area contributed by atoms with Crippen molar-refractivity contribution in [3.63, 3.8) is 0 Å². The van der Waals surface area contributed by atoms with Crippen LogP contribution in [0.2, 0.25) is 0 Å². The largest absolute Gasteiger partial charge is 0.481 e. The van der Waals surface area contributed by atoms with Crippen molar-refractivity contribution in [1.82, 2.24) is 10.2 Å². The molecular weight excluding hydrogens is 288 g/mol. The first-order valence-corrected chi connectivity index (χ1v) is 8.21. The van der Waals surface area contributed by atoms with E-state index in [1.807, 2.05) is 16.8 Å². The highest BCUT2D eigenvalue weighted by atomic mass is 32.1. The van der Waals surface area contributed by atoms with Crippen LogP contribution in [0.15, 0.2) is 16.8 Å². The van der Waals surface area contributed by atoms with Gasteiger partial charge in [0.05, 0.1) is 12.0 Å². The van der Waals surface area contributed by atoms with Crippen LogP contribution >= 0.6 is 11.3 Å². The van der Waals surface area contributed by atoms with Crippen molar-refractivity contribution in [1.29, 1.82) is 0 Å². The van der Waals surface area contributed by atoms with Crippen LogP contribution in [-0.2, 0) is 11.3 Å². The molecule has 1 aromatic heterocycles. The van der Waals surface area contributed by atoms with Crippen molar-refractivity contribution < 1.29 is 14.7 Å². The molecule has 0 bridgehead atoms. The van der Waals surface area contributed by atoms with Crippen LogP contribution in [0.4, 0.5) is 4.79 Å². The molecule has 116 valence electrons. The number of nitrogens with zero attached hydrogens (tertiary/aromatic N) is 1. The maximum atomic E-state index is 12.3. The Bertz CT molecular complexity index is 481. The Kier molecular flexibility index (Phi) is 5.22. The zero-order valence-corrected chi connectivity index (χ0v) is 13.1. The molecule has 1 aliphatic rings. The molecule has 2 N–H and O–H groups in total. The van der Waals surface area contributed by atoms with Crippen LogP contribution in [0, 0.1) is 0 Å². The van der Waals surface area contributed by atoms with Crippen LogP contribution in [0.1, 0.15) is 44.1 Å². The summed E-state index contributed by atoms with van der Waals surface area (Å²) in [5.74, 6) is -0.849. The molecule has 1 fully saturated rings. The van der Waals surface area contributed by atoms with Gasteiger partial charge in [0.1, 0.15) is 0 Å². The molecule has 21 heavy (non-hydrogen) atoms. The van der Waals surface area contributed by atoms with Gasteiger partial charge < -0.3 is 15.3 Å². The molecule has 0 aliphatic heterocycles. The van der Waals surface area contributed by atoms with Crippen molar-refractivity contribution in [3.05, 3.63) is 22.4 Å². The monoisotopic (exact) mass is 310 g/mol. The number of thiophene rings is 1. The van der Waals surface area contributed by atoms with Crippen LogP contribution in [0.5, 0.6) is 0 Å². The topological polar surface area (TPSA) is 69.6 Å². The van der Waals surface area contributed by atoms with E-state index in [-0.39, 0.29) is 12.5 Å². The lowest BCUT2D eigenvalue weighted by atomic mass is 9.79. The zero-order chi connectivity index (χ0) is 15.3. The van der Waals surface area contributed by atoms with Gasteiger partial charge in [0.15, 0.2) is 0 Å². The molecule has 5 nitrogen and oxygen atoms in total. The first-order chi connectivity index (χ1) is 10.0. The summed E-state index contributed by atoms with van der Waals surface area (Å²) in [5, 5.41) is 16.1. The lowest BCUT2D eigenvalue weighted by molar-refractivity contribution is -0.139. The Morgan fingerprint density at radius 3 is 2.67 bits per heavy atom. The molecule has 6 heteroatoms. The minimum Gasteiger partial charge on any atom is -0.481 e. The van der Waals surface area contributed by atoms with Crippen LogP contribution in [-0.4, -0.2) is 34.6 Å². The Morgan fingerprint density at radius 1 is 1.38 bits per heavy atom. The van der Waals surface area contributed by atoms with E-state index in [1.165, 1.54) is 0 Å². The SMILES string of the molecule is CN(Cc1ccsc1)C(=O)NC1(CC(=O)O)CCCCC1. The van der Waals surface area contributed by atoms with E-state index in [4.69, 9.17) is 5.11 Å². The normalized spacial score (nSPS) is 17.2. The maximum Gasteiger partial charge on any atom is 0.317 e. The van der Waals surface area contributed by atoms with E-state index in [0.29, 0.717) is 6.54 Å². The van der Waals surface area contributed by atoms with Crippen molar-refractivity contribution in [3.8, 4) is 0 Å². The number of hydrogen-bond acceptors (Lipinski definition) is 3. The van der Waals surface area contributed by atoms with Gasteiger partial charge in [-0.2, -0.15) is 11.3 Å². The summed E-state index contributed by atoms with van der Waals surface area (Å²) < 4.78 is 0. The summed E-state index contributed by atoms with van der Waals surface area (Å²) in [6, 6.07) is 1.80. The molecular formula is C15H22N2O3S. The van der Waals surface area contributed by atoms with Gasteiger partial charge in [-0.25, -0.2) is 4.79 Å². The number of aliphatic carboxylic acids is 1. The summed E-state index contributed by atoms with van der Waals surface area (Å²) in [4.78, 5) is 25.1. The second kappa shape index (κ2) is 6.93. The predicted octanol–water partition coefficient (Wildman–Crippen LogP) is 3.07. The summed E-state index contributed by atoms with van der Waals surface area (Å²) >= 11 is 1.60. The average molecular weight is 310 g/mol. The van der Waals surface area contributed by atoms with E-state index < -0.39 is 11.5 Å². The van der Waals surface area contributed by atoms with Gasteiger partial charge in [0.2, 0.25) is 0 Å². The number of carboxylic acid groups (broad SMARTS) is 1. The Hall–Kier alpha value is -1.56. The number of hydrogen-bond donors (Lipinski definition) is 2. The smallest absolute Gasteiger partial charge is 0.317 e. The molecule has 1 saturated carbocycles. The Balaban J connectivity index is 1.98. The molecule has 0 atom stereocenters. The number of rotatable bonds is 5. The molecule has 0 spiro atoms.